The van der Waals surface area contributed by atoms with Gasteiger partial charge in [0.15, 0.2) is 4.32 Å². The van der Waals surface area contributed by atoms with Gasteiger partial charge in [0.2, 0.25) is 0 Å². The molecule has 3 rings (SSSR count). The maximum Gasteiger partial charge on any atom is 0.285 e. The van der Waals surface area contributed by atoms with Crippen molar-refractivity contribution in [2.45, 2.75) is 0 Å². The Morgan fingerprint density at radius 3 is 2.58 bits per heavy atom. The number of hydrogen-bond donors (Lipinski definition) is 1. The van der Waals surface area contributed by atoms with Crippen LogP contribution in [0.5, 0.6) is 5.75 Å². The highest BCUT2D eigenvalue weighted by Crippen LogP contribution is 2.32. The average Bonchev–Trinajstić information content (AvgIpc) is 2.91. The number of carbonyl (C=O) groups is 2. The van der Waals surface area contributed by atoms with Crippen LogP contribution in [0.2, 0.25) is 5.02 Å². The van der Waals surface area contributed by atoms with Crippen molar-refractivity contribution in [1.29, 1.82) is 0 Å². The van der Waals surface area contributed by atoms with E-state index in [1.54, 1.807) is 55.7 Å². The smallest absolute Gasteiger partial charge is 0.285 e. The maximum atomic E-state index is 12.6. The number of thioether (sulfide) groups is 1. The van der Waals surface area contributed by atoms with E-state index in [4.69, 9.17) is 28.6 Å². The summed E-state index contributed by atoms with van der Waals surface area (Å²) in [5, 5.41) is 1.59. The second-order valence-corrected chi connectivity index (χ2v) is 7.29. The number of nitrogens with zero attached hydrogens (tertiary/aromatic N) is 1. The number of rotatable bonds is 4. The van der Waals surface area contributed by atoms with Crippen molar-refractivity contribution in [2.75, 3.05) is 7.11 Å². The minimum atomic E-state index is -0.442. The summed E-state index contributed by atoms with van der Waals surface area (Å²) in [6, 6.07) is 13.7. The summed E-state index contributed by atoms with van der Waals surface area (Å²) in [5.74, 6) is -0.209. The van der Waals surface area contributed by atoms with E-state index in [1.165, 1.54) is 0 Å². The summed E-state index contributed by atoms with van der Waals surface area (Å²) < 4.78 is 5.30. The van der Waals surface area contributed by atoms with Crippen LogP contribution in [0, 0.1) is 0 Å². The largest absolute Gasteiger partial charge is 0.497 e. The van der Waals surface area contributed by atoms with Crippen LogP contribution in [0.15, 0.2) is 53.4 Å². The van der Waals surface area contributed by atoms with Gasteiger partial charge in [-0.15, -0.1) is 0 Å². The van der Waals surface area contributed by atoms with Crippen molar-refractivity contribution in [2.24, 2.45) is 0 Å². The molecular formula is C18H13ClN2O3S2. The Hall–Kier alpha value is -2.35. The lowest BCUT2D eigenvalue weighted by atomic mass is 10.2. The van der Waals surface area contributed by atoms with Crippen molar-refractivity contribution in [3.05, 3.63) is 69.6 Å². The number of thiocarbonyl (C=S) groups is 1. The van der Waals surface area contributed by atoms with Crippen molar-refractivity contribution < 1.29 is 14.3 Å². The Kier molecular flexibility index (Phi) is 5.61. The van der Waals surface area contributed by atoms with Gasteiger partial charge in [0.05, 0.1) is 12.0 Å². The van der Waals surface area contributed by atoms with Crippen LogP contribution in [0.4, 0.5) is 0 Å². The van der Waals surface area contributed by atoms with Crippen LogP contribution in [0.3, 0.4) is 0 Å². The molecule has 2 aromatic carbocycles. The second kappa shape index (κ2) is 7.90. The molecular weight excluding hydrogens is 392 g/mol. The van der Waals surface area contributed by atoms with Crippen LogP contribution in [-0.2, 0) is 4.79 Å². The molecule has 0 spiro atoms. The molecule has 0 unspecified atom stereocenters. The van der Waals surface area contributed by atoms with Crippen LogP contribution in [0.1, 0.15) is 15.9 Å². The van der Waals surface area contributed by atoms with Gasteiger partial charge in [-0.25, -0.2) is 0 Å². The number of nitrogens with one attached hydrogen (secondary N) is 1. The molecule has 8 heteroatoms. The summed E-state index contributed by atoms with van der Waals surface area (Å²) in [7, 11) is 1.54. The highest BCUT2D eigenvalue weighted by Gasteiger charge is 2.33. The molecule has 2 amide bonds. The van der Waals surface area contributed by atoms with Crippen LogP contribution in [-0.4, -0.2) is 28.3 Å². The minimum absolute atomic E-state index is 0.246. The van der Waals surface area contributed by atoms with E-state index in [0.29, 0.717) is 26.8 Å². The zero-order chi connectivity index (χ0) is 18.7. The van der Waals surface area contributed by atoms with Gasteiger partial charge in [0, 0.05) is 10.6 Å². The third-order valence-corrected chi connectivity index (χ3v) is 5.20. The van der Waals surface area contributed by atoms with Gasteiger partial charge in [-0.3, -0.25) is 15.0 Å². The van der Waals surface area contributed by atoms with Gasteiger partial charge < -0.3 is 4.74 Å². The lowest BCUT2D eigenvalue weighted by Crippen LogP contribution is -2.44. The lowest BCUT2D eigenvalue weighted by molar-refractivity contribution is -0.123. The molecule has 1 aliphatic rings. The number of methoxy groups -OCH3 is 1. The molecule has 26 heavy (non-hydrogen) atoms. The zero-order valence-electron chi connectivity index (χ0n) is 13.6. The lowest BCUT2D eigenvalue weighted by Gasteiger charge is -2.15. The van der Waals surface area contributed by atoms with E-state index in [0.717, 1.165) is 16.8 Å². The predicted octanol–water partition coefficient (Wildman–Crippen LogP) is 3.89. The minimum Gasteiger partial charge on any atom is -0.497 e. The first-order chi connectivity index (χ1) is 12.5. The number of hydrazine groups is 1. The van der Waals surface area contributed by atoms with E-state index >= 15 is 0 Å². The summed E-state index contributed by atoms with van der Waals surface area (Å²) in [4.78, 5) is 25.3. The number of halogens is 1. The first-order valence-electron chi connectivity index (χ1n) is 7.47. The average molecular weight is 405 g/mol. The fraction of sp³-hybridized carbons (Fsp3) is 0.0556. The summed E-state index contributed by atoms with van der Waals surface area (Å²) >= 11 is 12.4. The molecule has 0 atom stereocenters. The fourth-order valence-electron chi connectivity index (χ4n) is 2.21. The molecule has 2 aromatic rings. The highest BCUT2D eigenvalue weighted by molar-refractivity contribution is 8.26. The van der Waals surface area contributed by atoms with Crippen molar-refractivity contribution in [1.82, 2.24) is 10.4 Å². The molecule has 1 fully saturated rings. The van der Waals surface area contributed by atoms with Crippen molar-refractivity contribution in [3.63, 3.8) is 0 Å². The predicted molar refractivity (Wildman–Crippen MR) is 107 cm³/mol. The van der Waals surface area contributed by atoms with E-state index < -0.39 is 11.8 Å². The fourth-order valence-corrected chi connectivity index (χ4v) is 3.57. The van der Waals surface area contributed by atoms with Crippen LogP contribution >= 0.6 is 35.6 Å². The third-order valence-electron chi connectivity index (χ3n) is 3.55. The summed E-state index contributed by atoms with van der Waals surface area (Å²) in [6.45, 7) is 0. The molecule has 1 aliphatic heterocycles. The number of hydrogen-bond acceptors (Lipinski definition) is 5. The van der Waals surface area contributed by atoms with Crippen molar-refractivity contribution >= 4 is 57.8 Å². The first-order valence-corrected chi connectivity index (χ1v) is 9.07. The quantitative estimate of drug-likeness (QED) is 0.618. The van der Waals surface area contributed by atoms with Gasteiger partial charge in [-0.2, -0.15) is 5.01 Å². The Morgan fingerprint density at radius 1 is 1.23 bits per heavy atom. The molecule has 0 bridgehead atoms. The molecule has 132 valence electrons. The second-order valence-electron chi connectivity index (χ2n) is 5.21. The molecule has 0 radical (unpaired) electrons. The summed E-state index contributed by atoms with van der Waals surface area (Å²) in [5.41, 5.74) is 3.62. The van der Waals surface area contributed by atoms with Crippen molar-refractivity contribution in [3.8, 4) is 5.75 Å². The normalized spacial score (nSPS) is 15.5. The van der Waals surface area contributed by atoms with E-state index in [-0.39, 0.29) is 4.32 Å². The van der Waals surface area contributed by atoms with Crippen LogP contribution < -0.4 is 10.2 Å². The summed E-state index contributed by atoms with van der Waals surface area (Å²) in [6.07, 6.45) is 1.65. The zero-order valence-corrected chi connectivity index (χ0v) is 16.0. The molecule has 0 aromatic heterocycles. The molecule has 1 heterocycles. The maximum absolute atomic E-state index is 12.6. The Morgan fingerprint density at radius 2 is 1.92 bits per heavy atom. The Bertz CT molecular complexity index is 913. The first kappa shape index (κ1) is 18.4. The Labute approximate surface area is 164 Å². The molecule has 1 saturated heterocycles. The molecule has 5 nitrogen and oxygen atoms in total. The van der Waals surface area contributed by atoms with E-state index in [9.17, 15) is 9.59 Å². The molecule has 1 N–H and O–H groups in total. The number of amides is 2. The Balaban J connectivity index is 1.76. The van der Waals surface area contributed by atoms with E-state index in [1.807, 2.05) is 6.07 Å². The SMILES string of the molecule is COc1ccc(C(=O)NN2C(=O)/C(=C\c3ccccc3Cl)SC2=S)cc1. The van der Waals surface area contributed by atoms with Gasteiger partial charge in [-0.1, -0.05) is 41.6 Å². The molecule has 0 saturated carbocycles. The third kappa shape index (κ3) is 3.90. The monoisotopic (exact) mass is 404 g/mol. The molecule has 0 aliphatic carbocycles. The number of benzene rings is 2. The standard InChI is InChI=1S/C18H13ClN2O3S2/c1-24-13-8-6-11(7-9-13)16(22)20-21-17(23)15(26-18(21)25)10-12-4-2-3-5-14(12)19/h2-10H,1H3,(H,20,22)/b15-10+. The highest BCUT2D eigenvalue weighted by atomic mass is 35.5. The van der Waals surface area contributed by atoms with Gasteiger partial charge in [-0.05, 0) is 54.2 Å². The van der Waals surface area contributed by atoms with Crippen LogP contribution in [0.25, 0.3) is 6.08 Å². The van der Waals surface area contributed by atoms with Gasteiger partial charge in [0.1, 0.15) is 5.75 Å². The van der Waals surface area contributed by atoms with Gasteiger partial charge >= 0.3 is 0 Å². The van der Waals surface area contributed by atoms with E-state index in [2.05, 4.69) is 5.43 Å². The topological polar surface area (TPSA) is 58.6 Å². The number of carbonyl (C=O) groups excluding carboxylic acids is 2. The van der Waals surface area contributed by atoms with Gasteiger partial charge in [0.25, 0.3) is 11.8 Å². The number of ether oxygens (including phenoxy) is 1.